The lowest BCUT2D eigenvalue weighted by molar-refractivity contribution is -0.123. The summed E-state index contributed by atoms with van der Waals surface area (Å²) in [6.45, 7) is 4.43. The molecule has 0 aliphatic rings. The van der Waals surface area contributed by atoms with Crippen molar-refractivity contribution in [2.24, 2.45) is 0 Å². The van der Waals surface area contributed by atoms with Crippen molar-refractivity contribution in [3.05, 3.63) is 65.5 Å². The van der Waals surface area contributed by atoms with Gasteiger partial charge in [0.05, 0.1) is 0 Å². The Bertz CT molecular complexity index is 875. The fraction of sp³-hybridized carbons (Fsp3) is 0.250. The van der Waals surface area contributed by atoms with Crippen LogP contribution in [0.2, 0.25) is 0 Å². The summed E-state index contributed by atoms with van der Waals surface area (Å²) in [5.41, 5.74) is 3.22. The molecule has 0 aliphatic carbocycles. The van der Waals surface area contributed by atoms with Crippen LogP contribution in [0.25, 0.3) is 11.4 Å². The molecule has 134 valence electrons. The lowest BCUT2D eigenvalue weighted by Crippen LogP contribution is -2.30. The Morgan fingerprint density at radius 1 is 1.12 bits per heavy atom. The van der Waals surface area contributed by atoms with Crippen LogP contribution >= 0.6 is 0 Å². The van der Waals surface area contributed by atoms with E-state index in [4.69, 9.17) is 9.26 Å². The van der Waals surface area contributed by atoms with E-state index in [1.54, 1.807) is 0 Å². The molecule has 0 radical (unpaired) electrons. The largest absolute Gasteiger partial charge is 0.484 e. The fourth-order valence-electron chi connectivity index (χ4n) is 2.37. The van der Waals surface area contributed by atoms with Crippen molar-refractivity contribution in [3.8, 4) is 17.1 Å². The fourth-order valence-corrected chi connectivity index (χ4v) is 2.37. The molecule has 1 aromatic heterocycles. The van der Waals surface area contributed by atoms with E-state index in [-0.39, 0.29) is 12.5 Å². The molecule has 3 aromatic rings. The summed E-state index contributed by atoms with van der Waals surface area (Å²) in [6, 6.07) is 15.4. The van der Waals surface area contributed by atoms with E-state index >= 15 is 0 Å². The molecule has 6 nitrogen and oxygen atoms in total. The van der Waals surface area contributed by atoms with Crippen LogP contribution in [-0.2, 0) is 11.2 Å². The number of hydrogen-bond acceptors (Lipinski definition) is 5. The zero-order chi connectivity index (χ0) is 18.4. The molecule has 2 aromatic carbocycles. The van der Waals surface area contributed by atoms with Crippen molar-refractivity contribution in [2.45, 2.75) is 20.3 Å². The topological polar surface area (TPSA) is 77.2 Å². The molecule has 0 saturated carbocycles. The first-order chi connectivity index (χ1) is 12.6. The molecule has 1 heterocycles. The number of hydrogen-bond donors (Lipinski definition) is 1. The minimum absolute atomic E-state index is 0.0262. The van der Waals surface area contributed by atoms with E-state index in [0.29, 0.717) is 30.4 Å². The standard InChI is InChI=1S/C20H21N3O3/c1-14-8-9-17(12-15(14)2)25-13-18(24)21-11-10-19-22-20(23-26-19)16-6-4-3-5-7-16/h3-9,12H,10-11,13H2,1-2H3,(H,21,24). The summed E-state index contributed by atoms with van der Waals surface area (Å²) in [5.74, 6) is 1.53. The zero-order valence-corrected chi connectivity index (χ0v) is 14.9. The Balaban J connectivity index is 1.42. The second-order valence-corrected chi connectivity index (χ2v) is 6.01. The van der Waals surface area contributed by atoms with Gasteiger partial charge in [0.2, 0.25) is 11.7 Å². The molecule has 0 fully saturated rings. The van der Waals surface area contributed by atoms with Crippen LogP contribution in [0.5, 0.6) is 5.75 Å². The van der Waals surface area contributed by atoms with Crippen molar-refractivity contribution in [1.82, 2.24) is 15.5 Å². The summed E-state index contributed by atoms with van der Waals surface area (Å²) in [4.78, 5) is 16.2. The van der Waals surface area contributed by atoms with Crippen molar-refractivity contribution in [1.29, 1.82) is 0 Å². The van der Waals surface area contributed by atoms with E-state index in [1.807, 2.05) is 62.4 Å². The molecular weight excluding hydrogens is 330 g/mol. The van der Waals surface area contributed by atoms with Crippen molar-refractivity contribution in [3.63, 3.8) is 0 Å². The molecule has 3 rings (SSSR count). The highest BCUT2D eigenvalue weighted by Crippen LogP contribution is 2.16. The highest BCUT2D eigenvalue weighted by atomic mass is 16.5. The smallest absolute Gasteiger partial charge is 0.257 e. The Morgan fingerprint density at radius 3 is 2.69 bits per heavy atom. The minimum Gasteiger partial charge on any atom is -0.484 e. The van der Waals surface area contributed by atoms with E-state index < -0.39 is 0 Å². The molecule has 0 atom stereocenters. The number of carbonyl (C=O) groups excluding carboxylic acids is 1. The molecule has 1 amide bonds. The minimum atomic E-state index is -0.189. The van der Waals surface area contributed by atoms with Gasteiger partial charge in [-0.05, 0) is 37.1 Å². The SMILES string of the molecule is Cc1ccc(OCC(=O)NCCc2nc(-c3ccccc3)no2)cc1C. The Labute approximate surface area is 152 Å². The Morgan fingerprint density at radius 2 is 1.92 bits per heavy atom. The first-order valence-electron chi connectivity index (χ1n) is 8.46. The van der Waals surface area contributed by atoms with Crippen LogP contribution in [-0.4, -0.2) is 29.2 Å². The third-order valence-electron chi connectivity index (χ3n) is 4.01. The van der Waals surface area contributed by atoms with E-state index in [9.17, 15) is 4.79 Å². The van der Waals surface area contributed by atoms with E-state index in [0.717, 1.165) is 11.1 Å². The van der Waals surface area contributed by atoms with Gasteiger partial charge in [-0.15, -0.1) is 0 Å². The van der Waals surface area contributed by atoms with Crippen LogP contribution in [0.15, 0.2) is 53.1 Å². The number of nitrogens with one attached hydrogen (secondary N) is 1. The molecule has 0 spiro atoms. The monoisotopic (exact) mass is 351 g/mol. The Hall–Kier alpha value is -3.15. The van der Waals surface area contributed by atoms with Gasteiger partial charge in [0.25, 0.3) is 5.91 Å². The summed E-state index contributed by atoms with van der Waals surface area (Å²) in [7, 11) is 0. The number of nitrogens with zero attached hydrogens (tertiary/aromatic N) is 2. The van der Waals surface area contributed by atoms with Crippen LogP contribution in [0, 0.1) is 13.8 Å². The normalized spacial score (nSPS) is 10.5. The van der Waals surface area contributed by atoms with Crippen LogP contribution < -0.4 is 10.1 Å². The van der Waals surface area contributed by atoms with Gasteiger partial charge in [0, 0.05) is 18.5 Å². The quantitative estimate of drug-likeness (QED) is 0.708. The molecule has 0 aliphatic heterocycles. The molecule has 0 bridgehead atoms. The number of rotatable bonds is 7. The summed E-state index contributed by atoms with van der Waals surface area (Å²) >= 11 is 0. The summed E-state index contributed by atoms with van der Waals surface area (Å²) in [6.07, 6.45) is 0.467. The number of aryl methyl sites for hydroxylation is 2. The number of benzene rings is 2. The average Bonchev–Trinajstić information content (AvgIpc) is 3.12. The molecule has 0 saturated heterocycles. The summed E-state index contributed by atoms with van der Waals surface area (Å²) in [5, 5.41) is 6.74. The summed E-state index contributed by atoms with van der Waals surface area (Å²) < 4.78 is 10.7. The zero-order valence-electron chi connectivity index (χ0n) is 14.9. The number of aromatic nitrogens is 2. The maximum absolute atomic E-state index is 11.9. The van der Waals surface area contributed by atoms with Gasteiger partial charge in [0.1, 0.15) is 5.75 Å². The molecule has 26 heavy (non-hydrogen) atoms. The average molecular weight is 351 g/mol. The van der Waals surface area contributed by atoms with Gasteiger partial charge in [-0.25, -0.2) is 0 Å². The predicted octanol–water partition coefficient (Wildman–Crippen LogP) is 3.09. The van der Waals surface area contributed by atoms with E-state index in [2.05, 4.69) is 15.5 Å². The van der Waals surface area contributed by atoms with E-state index in [1.165, 1.54) is 5.56 Å². The maximum Gasteiger partial charge on any atom is 0.257 e. The van der Waals surface area contributed by atoms with Gasteiger partial charge in [-0.3, -0.25) is 4.79 Å². The van der Waals surface area contributed by atoms with Crippen molar-refractivity contribution >= 4 is 5.91 Å². The third kappa shape index (κ3) is 4.69. The van der Waals surface area contributed by atoms with Gasteiger partial charge < -0.3 is 14.6 Å². The third-order valence-corrected chi connectivity index (χ3v) is 4.01. The van der Waals surface area contributed by atoms with Gasteiger partial charge in [-0.1, -0.05) is 41.6 Å². The lowest BCUT2D eigenvalue weighted by atomic mass is 10.1. The van der Waals surface area contributed by atoms with Crippen LogP contribution in [0.3, 0.4) is 0 Å². The molecule has 0 unspecified atom stereocenters. The van der Waals surface area contributed by atoms with Crippen LogP contribution in [0.1, 0.15) is 17.0 Å². The maximum atomic E-state index is 11.9. The second kappa shape index (κ2) is 8.29. The second-order valence-electron chi connectivity index (χ2n) is 6.01. The first kappa shape index (κ1) is 17.7. The highest BCUT2D eigenvalue weighted by molar-refractivity contribution is 5.77. The molecular formula is C20H21N3O3. The predicted molar refractivity (Wildman–Crippen MR) is 97.9 cm³/mol. The number of amides is 1. The van der Waals surface area contributed by atoms with Crippen LogP contribution in [0.4, 0.5) is 0 Å². The Kier molecular flexibility index (Phi) is 5.63. The van der Waals surface area contributed by atoms with Gasteiger partial charge >= 0.3 is 0 Å². The molecule has 1 N–H and O–H groups in total. The lowest BCUT2D eigenvalue weighted by Gasteiger charge is -2.08. The van der Waals surface area contributed by atoms with Crippen molar-refractivity contribution < 1.29 is 14.1 Å². The highest BCUT2D eigenvalue weighted by Gasteiger charge is 2.09. The molecule has 6 heteroatoms. The van der Waals surface area contributed by atoms with Gasteiger partial charge in [-0.2, -0.15) is 4.98 Å². The number of ether oxygens (including phenoxy) is 1. The van der Waals surface area contributed by atoms with Crippen molar-refractivity contribution in [2.75, 3.05) is 13.2 Å². The van der Waals surface area contributed by atoms with Gasteiger partial charge in [0.15, 0.2) is 6.61 Å². The first-order valence-corrected chi connectivity index (χ1v) is 8.46. The number of carbonyl (C=O) groups is 1.